The van der Waals surface area contributed by atoms with Crippen LogP contribution in [0.15, 0.2) is 21.5 Å². The number of hydrogen-bond acceptors (Lipinski definition) is 4. The summed E-state index contributed by atoms with van der Waals surface area (Å²) in [5.74, 6) is -0.288. The highest BCUT2D eigenvalue weighted by molar-refractivity contribution is 9.10. The number of hydrogen-bond donors (Lipinski definition) is 2. The summed E-state index contributed by atoms with van der Waals surface area (Å²) >= 11 is 9.08. The maximum Gasteiger partial charge on any atom is 0.253 e. The van der Waals surface area contributed by atoms with E-state index in [-0.39, 0.29) is 31.7 Å². The molecule has 6 nitrogen and oxygen atoms in total. The van der Waals surface area contributed by atoms with Crippen LogP contribution in [0.5, 0.6) is 0 Å². The van der Waals surface area contributed by atoms with Gasteiger partial charge in [-0.15, -0.1) is 0 Å². The minimum Gasteiger partial charge on any atom is -0.349 e. The number of benzene rings is 1. The molecule has 10 heteroatoms. The zero-order chi connectivity index (χ0) is 16.4. The molecule has 0 radical (unpaired) electrons. The monoisotopic (exact) mass is 416 g/mol. The van der Waals surface area contributed by atoms with Crippen LogP contribution in [0.2, 0.25) is 5.02 Å². The molecule has 2 unspecified atom stereocenters. The van der Waals surface area contributed by atoms with Crippen molar-refractivity contribution < 1.29 is 17.4 Å². The maximum absolute atomic E-state index is 12.1. The molecule has 0 aromatic heterocycles. The third kappa shape index (κ3) is 5.33. The average molecular weight is 418 g/mol. The summed E-state index contributed by atoms with van der Waals surface area (Å²) in [6, 6.07) is 1.98. The first-order valence-electron chi connectivity index (χ1n) is 5.65. The predicted molar refractivity (Wildman–Crippen MR) is 86.4 cm³/mol. The fourth-order valence-corrected chi connectivity index (χ4v) is 3.75. The molecule has 0 heterocycles. The van der Waals surface area contributed by atoms with Crippen molar-refractivity contribution in [3.05, 3.63) is 27.2 Å². The Bertz CT molecular complexity index is 694. The van der Waals surface area contributed by atoms with Gasteiger partial charge >= 0.3 is 0 Å². The fraction of sp³-hybridized carbons (Fsp3) is 0.364. The van der Waals surface area contributed by atoms with Gasteiger partial charge in [0.1, 0.15) is 0 Å². The first-order chi connectivity index (χ1) is 9.52. The number of primary sulfonamides is 1. The van der Waals surface area contributed by atoms with E-state index in [2.05, 4.69) is 21.2 Å². The summed E-state index contributed by atoms with van der Waals surface area (Å²) in [6.07, 6.45) is 1.52. The van der Waals surface area contributed by atoms with Crippen molar-refractivity contribution in [3.63, 3.8) is 0 Å². The Hall–Kier alpha value is -0.480. The summed E-state index contributed by atoms with van der Waals surface area (Å²) in [5.41, 5.74) is -0.0243. The quantitative estimate of drug-likeness (QED) is 0.752. The van der Waals surface area contributed by atoms with Crippen LogP contribution in [-0.4, -0.2) is 36.6 Å². The molecular weight excluding hydrogens is 404 g/mol. The smallest absolute Gasteiger partial charge is 0.253 e. The average Bonchev–Trinajstić information content (AvgIpc) is 2.29. The topological polar surface area (TPSA) is 106 Å². The molecule has 0 spiro atoms. The van der Waals surface area contributed by atoms with Crippen molar-refractivity contribution in [2.45, 2.75) is 17.9 Å². The number of rotatable bonds is 5. The lowest BCUT2D eigenvalue weighted by molar-refractivity contribution is 0.0943. The summed E-state index contributed by atoms with van der Waals surface area (Å²) in [6.45, 7) is 1.69. The molecule has 0 saturated heterocycles. The number of nitrogens with two attached hydrogens (primary N) is 1. The van der Waals surface area contributed by atoms with E-state index in [9.17, 15) is 17.4 Å². The Morgan fingerprint density at radius 3 is 2.57 bits per heavy atom. The number of amides is 1. The third-order valence-corrected chi connectivity index (χ3v) is 5.56. The molecule has 3 N–H and O–H groups in total. The van der Waals surface area contributed by atoms with Crippen LogP contribution in [0.4, 0.5) is 0 Å². The zero-order valence-corrected chi connectivity index (χ0v) is 15.2. The standard InChI is InChI=1S/C11H14BrClN2O4S2/c1-6(5-20(2)17)15-11(16)8-3-7(21(14,18)19)4-9(12)10(8)13/h3-4,6H,5H2,1-2H3,(H,15,16)(H2,14,18,19). The van der Waals surface area contributed by atoms with Crippen molar-refractivity contribution in [1.29, 1.82) is 0 Å². The summed E-state index contributed by atoms with van der Waals surface area (Å²) in [4.78, 5) is 11.9. The molecule has 0 bridgehead atoms. The van der Waals surface area contributed by atoms with E-state index < -0.39 is 26.7 Å². The lowest BCUT2D eigenvalue weighted by Gasteiger charge is -2.14. The van der Waals surface area contributed by atoms with Crippen molar-refractivity contribution in [2.24, 2.45) is 5.14 Å². The number of halogens is 2. The van der Waals surface area contributed by atoms with Crippen LogP contribution < -0.4 is 10.5 Å². The van der Waals surface area contributed by atoms with Gasteiger partial charge in [0.25, 0.3) is 5.91 Å². The summed E-state index contributed by atoms with van der Waals surface area (Å²) in [5, 5.41) is 7.72. The van der Waals surface area contributed by atoms with E-state index in [0.717, 1.165) is 6.07 Å². The van der Waals surface area contributed by atoms with Crippen LogP contribution in [0.3, 0.4) is 0 Å². The van der Waals surface area contributed by atoms with Gasteiger partial charge in [-0.2, -0.15) is 0 Å². The van der Waals surface area contributed by atoms with Crippen LogP contribution in [0.1, 0.15) is 17.3 Å². The van der Waals surface area contributed by atoms with Crippen LogP contribution in [0, 0.1) is 0 Å². The summed E-state index contributed by atoms with van der Waals surface area (Å²) in [7, 11) is -5.03. The molecule has 0 aliphatic heterocycles. The van der Waals surface area contributed by atoms with E-state index in [0.29, 0.717) is 0 Å². The van der Waals surface area contributed by atoms with Gasteiger partial charge < -0.3 is 5.32 Å². The predicted octanol–water partition coefficient (Wildman–Crippen LogP) is 1.25. The van der Waals surface area contributed by atoms with Crippen LogP contribution in [-0.2, 0) is 20.8 Å². The highest BCUT2D eigenvalue weighted by Crippen LogP contribution is 2.29. The van der Waals surface area contributed by atoms with E-state index in [4.69, 9.17) is 16.7 Å². The molecule has 0 saturated carbocycles. The molecular formula is C11H14BrClN2O4S2. The zero-order valence-electron chi connectivity index (χ0n) is 11.2. The van der Waals surface area contributed by atoms with Crippen molar-refractivity contribution >= 4 is 54.3 Å². The molecule has 1 rings (SSSR count). The second-order valence-electron chi connectivity index (χ2n) is 4.43. The Labute approximate surface area is 139 Å². The Morgan fingerprint density at radius 1 is 1.52 bits per heavy atom. The van der Waals surface area contributed by atoms with Gasteiger partial charge in [-0.25, -0.2) is 13.6 Å². The van der Waals surface area contributed by atoms with Crippen molar-refractivity contribution in [1.82, 2.24) is 5.32 Å². The number of nitrogens with one attached hydrogen (secondary N) is 1. The SMILES string of the molecule is CC(CS(C)=O)NC(=O)c1cc(S(N)(=O)=O)cc(Br)c1Cl. The van der Waals surface area contributed by atoms with Gasteiger partial charge in [-0.1, -0.05) is 11.6 Å². The largest absolute Gasteiger partial charge is 0.349 e. The van der Waals surface area contributed by atoms with E-state index in [1.807, 2.05) is 0 Å². The molecule has 0 fully saturated rings. The number of carbonyl (C=O) groups excluding carboxylic acids is 1. The molecule has 1 aromatic rings. The van der Waals surface area contributed by atoms with Crippen molar-refractivity contribution in [2.75, 3.05) is 12.0 Å². The first kappa shape index (κ1) is 18.6. The van der Waals surface area contributed by atoms with Gasteiger partial charge in [0.2, 0.25) is 10.0 Å². The highest BCUT2D eigenvalue weighted by Gasteiger charge is 2.20. The van der Waals surface area contributed by atoms with Gasteiger partial charge in [0.15, 0.2) is 0 Å². The second kappa shape index (κ2) is 7.19. The lowest BCUT2D eigenvalue weighted by Crippen LogP contribution is -2.36. The van der Waals surface area contributed by atoms with Crippen LogP contribution >= 0.6 is 27.5 Å². The fourth-order valence-electron chi connectivity index (χ4n) is 1.59. The van der Waals surface area contributed by atoms with Crippen LogP contribution in [0.25, 0.3) is 0 Å². The van der Waals surface area contributed by atoms with E-state index in [1.165, 1.54) is 12.3 Å². The number of sulfonamides is 1. The molecule has 21 heavy (non-hydrogen) atoms. The molecule has 1 amide bonds. The van der Waals surface area contributed by atoms with Crippen molar-refractivity contribution in [3.8, 4) is 0 Å². The lowest BCUT2D eigenvalue weighted by atomic mass is 10.2. The summed E-state index contributed by atoms with van der Waals surface area (Å²) < 4.78 is 34.1. The first-order valence-corrected chi connectivity index (χ1v) is 10.1. The Balaban J connectivity index is 3.15. The van der Waals surface area contributed by atoms with Gasteiger partial charge in [0, 0.05) is 33.3 Å². The van der Waals surface area contributed by atoms with E-state index in [1.54, 1.807) is 6.92 Å². The normalized spacial score (nSPS) is 14.5. The second-order valence-corrected chi connectivity index (χ2v) is 8.70. The maximum atomic E-state index is 12.1. The molecule has 2 atom stereocenters. The van der Waals surface area contributed by atoms with Gasteiger partial charge in [-0.3, -0.25) is 9.00 Å². The minimum absolute atomic E-state index is 0.0243. The molecule has 118 valence electrons. The third-order valence-electron chi connectivity index (χ3n) is 2.44. The number of carbonyl (C=O) groups is 1. The molecule has 0 aliphatic carbocycles. The van der Waals surface area contributed by atoms with E-state index >= 15 is 0 Å². The molecule has 1 aromatic carbocycles. The molecule has 0 aliphatic rings. The minimum atomic E-state index is -3.96. The Morgan fingerprint density at radius 2 is 2.10 bits per heavy atom. The Kier molecular flexibility index (Phi) is 6.36. The van der Waals surface area contributed by atoms with Gasteiger partial charge in [-0.05, 0) is 35.0 Å². The van der Waals surface area contributed by atoms with Gasteiger partial charge in [0.05, 0.1) is 15.5 Å². The highest BCUT2D eigenvalue weighted by atomic mass is 79.9.